The molecule has 1 saturated heterocycles. The van der Waals surface area contributed by atoms with Gasteiger partial charge in [-0.15, -0.1) is 0 Å². The van der Waals surface area contributed by atoms with Gasteiger partial charge in [-0.05, 0) is 66.4 Å². The minimum absolute atomic E-state index is 0.000449. The molecule has 1 heterocycles. The predicted octanol–water partition coefficient (Wildman–Crippen LogP) is 5.70. The minimum Gasteiger partial charge on any atom is -0.435 e. The van der Waals surface area contributed by atoms with Gasteiger partial charge in [-0.1, -0.05) is 42.5 Å². The number of carbonyl (C=O) groups excluding carboxylic acids is 2. The maximum atomic E-state index is 13.2. The first-order valence-electron chi connectivity index (χ1n) is 11.0. The maximum absolute atomic E-state index is 13.2. The van der Waals surface area contributed by atoms with Gasteiger partial charge in [0.2, 0.25) is 0 Å². The molecule has 1 N–H and O–H groups in total. The van der Waals surface area contributed by atoms with E-state index >= 15 is 0 Å². The summed E-state index contributed by atoms with van der Waals surface area (Å²) in [5.74, 6) is -0.293. The Morgan fingerprint density at radius 3 is 2.12 bits per heavy atom. The average Bonchev–Trinajstić information content (AvgIpc) is 3.39. The Labute approximate surface area is 196 Å². The van der Waals surface area contributed by atoms with Crippen LogP contribution in [0.4, 0.5) is 14.5 Å². The van der Waals surface area contributed by atoms with Crippen LogP contribution in [-0.4, -0.2) is 36.4 Å². The van der Waals surface area contributed by atoms with E-state index in [1.165, 1.54) is 12.1 Å². The summed E-state index contributed by atoms with van der Waals surface area (Å²) in [5.41, 5.74) is 2.91. The van der Waals surface area contributed by atoms with Crippen molar-refractivity contribution in [2.45, 2.75) is 19.5 Å². The van der Waals surface area contributed by atoms with Gasteiger partial charge in [0.1, 0.15) is 5.75 Å². The molecular weight excluding hydrogens is 438 g/mol. The van der Waals surface area contributed by atoms with Gasteiger partial charge in [-0.2, -0.15) is 8.78 Å². The molecule has 0 aromatic heterocycles. The van der Waals surface area contributed by atoms with E-state index in [0.717, 1.165) is 25.9 Å². The van der Waals surface area contributed by atoms with Crippen molar-refractivity contribution < 1.29 is 23.1 Å². The summed E-state index contributed by atoms with van der Waals surface area (Å²) in [5, 5.41) is 2.88. The highest BCUT2D eigenvalue weighted by molar-refractivity contribution is 6.29. The summed E-state index contributed by atoms with van der Waals surface area (Å²) in [6.07, 6.45) is 3.73. The number of halogens is 2. The average molecular weight is 462 g/mol. The molecule has 3 aromatic carbocycles. The fraction of sp³-hybridized carbons (Fsp3) is 0.185. The topological polar surface area (TPSA) is 58.6 Å². The number of ether oxygens (including phenoxy) is 1. The van der Waals surface area contributed by atoms with E-state index in [0.29, 0.717) is 28.0 Å². The second kappa shape index (κ2) is 10.7. The quantitative estimate of drug-likeness (QED) is 0.362. The van der Waals surface area contributed by atoms with E-state index in [2.05, 4.69) is 10.1 Å². The van der Waals surface area contributed by atoms with Crippen LogP contribution >= 0.6 is 0 Å². The monoisotopic (exact) mass is 462 g/mol. The third-order valence-electron chi connectivity index (χ3n) is 5.53. The molecule has 1 fully saturated rings. The molecule has 2 amide bonds. The minimum atomic E-state index is -2.90. The van der Waals surface area contributed by atoms with Gasteiger partial charge in [0.15, 0.2) is 0 Å². The summed E-state index contributed by atoms with van der Waals surface area (Å²) >= 11 is 0. The zero-order chi connectivity index (χ0) is 23.9. The Kier molecular flexibility index (Phi) is 7.32. The van der Waals surface area contributed by atoms with Crippen LogP contribution in [-0.2, 0) is 4.79 Å². The van der Waals surface area contributed by atoms with E-state index in [9.17, 15) is 18.4 Å². The van der Waals surface area contributed by atoms with E-state index in [4.69, 9.17) is 0 Å². The van der Waals surface area contributed by atoms with Crippen molar-refractivity contribution in [1.82, 2.24) is 4.90 Å². The Morgan fingerprint density at radius 1 is 0.853 bits per heavy atom. The molecule has 0 atom stereocenters. The largest absolute Gasteiger partial charge is 0.435 e. The number of nitrogens with zero attached hydrogens (tertiary/aromatic N) is 1. The molecule has 3 aromatic rings. The van der Waals surface area contributed by atoms with Crippen LogP contribution in [0.25, 0.3) is 11.6 Å². The molecule has 0 spiro atoms. The third-order valence-corrected chi connectivity index (χ3v) is 5.53. The summed E-state index contributed by atoms with van der Waals surface area (Å²) in [7, 11) is 0. The highest BCUT2D eigenvalue weighted by atomic mass is 19.3. The smallest absolute Gasteiger partial charge is 0.387 e. The molecule has 5 nitrogen and oxygen atoms in total. The number of likely N-dealkylation sites (tertiary alicyclic amines) is 1. The van der Waals surface area contributed by atoms with E-state index in [1.54, 1.807) is 42.5 Å². The lowest BCUT2D eigenvalue weighted by atomic mass is 10.0. The summed E-state index contributed by atoms with van der Waals surface area (Å²) in [6.45, 7) is -1.35. The van der Waals surface area contributed by atoms with Crippen LogP contribution in [0.5, 0.6) is 5.75 Å². The van der Waals surface area contributed by atoms with Crippen molar-refractivity contribution in [3.63, 3.8) is 0 Å². The molecule has 174 valence electrons. The number of amides is 2. The van der Waals surface area contributed by atoms with Gasteiger partial charge in [0.05, 0.1) is 0 Å². The molecule has 1 aliphatic rings. The summed E-state index contributed by atoms with van der Waals surface area (Å²) in [4.78, 5) is 27.6. The van der Waals surface area contributed by atoms with Gasteiger partial charge in [-0.25, -0.2) is 0 Å². The number of benzene rings is 3. The zero-order valence-corrected chi connectivity index (χ0v) is 18.4. The van der Waals surface area contributed by atoms with Crippen molar-refractivity contribution in [2.75, 3.05) is 18.4 Å². The lowest BCUT2D eigenvalue weighted by molar-refractivity contribution is -0.111. The molecule has 0 bridgehead atoms. The number of hydrogen-bond donors (Lipinski definition) is 1. The van der Waals surface area contributed by atoms with Crippen LogP contribution < -0.4 is 10.1 Å². The lowest BCUT2D eigenvalue weighted by Crippen LogP contribution is -2.27. The molecule has 0 aliphatic carbocycles. The number of anilines is 1. The molecular formula is C27H24F2N2O3. The van der Waals surface area contributed by atoms with Gasteiger partial charge in [0.25, 0.3) is 11.8 Å². The fourth-order valence-corrected chi connectivity index (χ4v) is 3.81. The van der Waals surface area contributed by atoms with E-state index in [1.807, 2.05) is 35.2 Å². The Balaban J connectivity index is 1.53. The zero-order valence-electron chi connectivity index (χ0n) is 18.4. The van der Waals surface area contributed by atoms with Crippen molar-refractivity contribution in [3.8, 4) is 5.75 Å². The lowest BCUT2D eigenvalue weighted by Gasteiger charge is -2.15. The van der Waals surface area contributed by atoms with Crippen molar-refractivity contribution in [2.24, 2.45) is 0 Å². The maximum Gasteiger partial charge on any atom is 0.387 e. The van der Waals surface area contributed by atoms with Crippen molar-refractivity contribution in [1.29, 1.82) is 0 Å². The number of alkyl halides is 2. The second-order valence-electron chi connectivity index (χ2n) is 7.90. The predicted molar refractivity (Wildman–Crippen MR) is 128 cm³/mol. The number of hydrogen-bond acceptors (Lipinski definition) is 3. The van der Waals surface area contributed by atoms with Crippen LogP contribution in [0.2, 0.25) is 0 Å². The molecule has 1 aliphatic heterocycles. The first kappa shape index (κ1) is 23.2. The highest BCUT2D eigenvalue weighted by Crippen LogP contribution is 2.23. The van der Waals surface area contributed by atoms with Gasteiger partial charge < -0.3 is 15.0 Å². The molecule has 0 saturated carbocycles. The number of nitrogens with one attached hydrogen (secondary N) is 1. The molecule has 0 unspecified atom stereocenters. The highest BCUT2D eigenvalue weighted by Gasteiger charge is 2.19. The number of rotatable bonds is 7. The number of carbonyl (C=O) groups is 2. The van der Waals surface area contributed by atoms with Gasteiger partial charge in [0, 0.05) is 29.9 Å². The van der Waals surface area contributed by atoms with Crippen molar-refractivity contribution >= 4 is 29.2 Å². The van der Waals surface area contributed by atoms with Crippen LogP contribution in [0.15, 0.2) is 78.9 Å². The molecule has 34 heavy (non-hydrogen) atoms. The van der Waals surface area contributed by atoms with Crippen LogP contribution in [0, 0.1) is 0 Å². The summed E-state index contributed by atoms with van der Waals surface area (Å²) in [6, 6.07) is 22.0. The first-order chi connectivity index (χ1) is 16.5. The Hall–Kier alpha value is -4.00. The van der Waals surface area contributed by atoms with Crippen molar-refractivity contribution in [3.05, 3.63) is 95.6 Å². The second-order valence-corrected chi connectivity index (χ2v) is 7.90. The van der Waals surface area contributed by atoms with E-state index < -0.39 is 6.61 Å². The molecule has 7 heteroatoms. The van der Waals surface area contributed by atoms with Crippen LogP contribution in [0.1, 0.15) is 34.3 Å². The Morgan fingerprint density at radius 2 is 1.50 bits per heavy atom. The normalized spacial score (nSPS) is 13.7. The molecule has 4 rings (SSSR count). The third kappa shape index (κ3) is 5.86. The van der Waals surface area contributed by atoms with Crippen LogP contribution in [0.3, 0.4) is 0 Å². The standard InChI is InChI=1S/C27H24F2N2O3/c28-27(29)34-23-14-8-19(9-15-23)18-24(20-6-2-1-3-7-20)25(32)30-22-12-10-21(11-13-22)26(33)31-16-4-5-17-31/h1-3,6-15,18,27H,4-5,16-17H2,(H,30,32)/b24-18+. The first-order valence-corrected chi connectivity index (χ1v) is 11.0. The van der Waals surface area contributed by atoms with E-state index in [-0.39, 0.29) is 17.6 Å². The molecule has 0 radical (unpaired) electrons. The SMILES string of the molecule is O=C(Nc1ccc(C(=O)N2CCCC2)cc1)/C(=C/c1ccc(OC(F)F)cc1)c1ccccc1. The van der Waals surface area contributed by atoms with Gasteiger partial charge in [-0.3, -0.25) is 9.59 Å². The fourth-order valence-electron chi connectivity index (χ4n) is 3.81. The Bertz CT molecular complexity index is 1150. The van der Waals surface area contributed by atoms with Gasteiger partial charge >= 0.3 is 6.61 Å². The summed E-state index contributed by atoms with van der Waals surface area (Å²) < 4.78 is 29.2.